The predicted molar refractivity (Wildman–Crippen MR) is 80.0 cm³/mol. The molecule has 110 valence electrons. The first-order valence-corrected chi connectivity index (χ1v) is 7.15. The van der Waals surface area contributed by atoms with Gasteiger partial charge in [0, 0.05) is 25.6 Å². The fourth-order valence-electron chi connectivity index (χ4n) is 2.49. The van der Waals surface area contributed by atoms with E-state index < -0.39 is 0 Å². The van der Waals surface area contributed by atoms with Crippen molar-refractivity contribution >= 4 is 23.2 Å². The van der Waals surface area contributed by atoms with Gasteiger partial charge in [-0.05, 0) is 24.6 Å². The summed E-state index contributed by atoms with van der Waals surface area (Å²) in [7, 11) is 1.74. The SMILES string of the molecule is CN(Cc1nnc2n1CCC2)C(=O)c1ccc(N)c(Cl)c1. The van der Waals surface area contributed by atoms with Crippen LogP contribution in [0.5, 0.6) is 0 Å². The van der Waals surface area contributed by atoms with E-state index in [4.69, 9.17) is 17.3 Å². The topological polar surface area (TPSA) is 77.0 Å². The van der Waals surface area contributed by atoms with Crippen molar-refractivity contribution in [1.82, 2.24) is 19.7 Å². The normalized spacial score (nSPS) is 13.2. The first kappa shape index (κ1) is 13.9. The Bertz CT molecular complexity index is 697. The van der Waals surface area contributed by atoms with Gasteiger partial charge < -0.3 is 15.2 Å². The lowest BCUT2D eigenvalue weighted by Gasteiger charge is -2.17. The van der Waals surface area contributed by atoms with Gasteiger partial charge in [-0.15, -0.1) is 10.2 Å². The van der Waals surface area contributed by atoms with Crippen molar-refractivity contribution < 1.29 is 4.79 Å². The third kappa shape index (κ3) is 2.58. The summed E-state index contributed by atoms with van der Waals surface area (Å²) < 4.78 is 2.08. The lowest BCUT2D eigenvalue weighted by atomic mass is 10.2. The standard InChI is InChI=1S/C14H16ClN5O/c1-19(8-13-18-17-12-3-2-6-20(12)13)14(21)9-4-5-11(16)10(15)7-9/h4-5,7H,2-3,6,8,16H2,1H3. The number of nitrogen functional groups attached to an aromatic ring is 1. The molecule has 0 saturated carbocycles. The molecule has 0 bridgehead atoms. The van der Waals surface area contributed by atoms with Gasteiger partial charge in [0.15, 0.2) is 5.82 Å². The van der Waals surface area contributed by atoms with Crippen molar-refractivity contribution in [2.24, 2.45) is 0 Å². The number of benzene rings is 1. The minimum Gasteiger partial charge on any atom is -0.398 e. The number of carbonyl (C=O) groups excluding carboxylic acids is 1. The van der Waals surface area contributed by atoms with Crippen molar-refractivity contribution in [3.8, 4) is 0 Å². The Labute approximate surface area is 127 Å². The van der Waals surface area contributed by atoms with Gasteiger partial charge in [-0.25, -0.2) is 0 Å². The number of hydrogen-bond donors (Lipinski definition) is 1. The van der Waals surface area contributed by atoms with Crippen LogP contribution in [0.15, 0.2) is 18.2 Å². The van der Waals surface area contributed by atoms with E-state index in [0.29, 0.717) is 22.8 Å². The van der Waals surface area contributed by atoms with Crippen LogP contribution in [0.4, 0.5) is 5.69 Å². The predicted octanol–water partition coefficient (Wildman–Crippen LogP) is 1.73. The van der Waals surface area contributed by atoms with Gasteiger partial charge in [0.1, 0.15) is 5.82 Å². The van der Waals surface area contributed by atoms with Crippen LogP contribution in [0.25, 0.3) is 0 Å². The second-order valence-electron chi connectivity index (χ2n) is 5.19. The molecule has 1 amide bonds. The number of aromatic nitrogens is 3. The quantitative estimate of drug-likeness (QED) is 0.876. The van der Waals surface area contributed by atoms with E-state index in [1.165, 1.54) is 0 Å². The summed E-state index contributed by atoms with van der Waals surface area (Å²) in [5, 5.41) is 8.69. The molecule has 3 rings (SSSR count). The van der Waals surface area contributed by atoms with Gasteiger partial charge in [0.05, 0.1) is 17.3 Å². The maximum atomic E-state index is 12.4. The Morgan fingerprint density at radius 3 is 3.05 bits per heavy atom. The van der Waals surface area contributed by atoms with Crippen molar-refractivity contribution in [3.63, 3.8) is 0 Å². The summed E-state index contributed by atoms with van der Waals surface area (Å²) in [6.07, 6.45) is 2.04. The van der Waals surface area contributed by atoms with E-state index in [9.17, 15) is 4.79 Å². The molecule has 0 spiro atoms. The Morgan fingerprint density at radius 2 is 2.29 bits per heavy atom. The van der Waals surface area contributed by atoms with Crippen molar-refractivity contribution in [3.05, 3.63) is 40.4 Å². The summed E-state index contributed by atoms with van der Waals surface area (Å²) in [5.41, 5.74) is 6.63. The second-order valence-corrected chi connectivity index (χ2v) is 5.59. The number of carbonyl (C=O) groups is 1. The number of nitrogens with zero attached hydrogens (tertiary/aromatic N) is 4. The molecule has 0 radical (unpaired) electrons. The summed E-state index contributed by atoms with van der Waals surface area (Å²) in [6.45, 7) is 1.35. The minimum atomic E-state index is -0.118. The molecule has 7 heteroatoms. The molecular formula is C14H16ClN5O. The number of fused-ring (bicyclic) bond motifs is 1. The average molecular weight is 306 g/mol. The van der Waals surface area contributed by atoms with E-state index >= 15 is 0 Å². The van der Waals surface area contributed by atoms with E-state index in [0.717, 1.165) is 31.0 Å². The minimum absolute atomic E-state index is 0.118. The van der Waals surface area contributed by atoms with E-state index in [1.807, 2.05) is 0 Å². The zero-order valence-corrected chi connectivity index (χ0v) is 12.5. The molecule has 0 unspecified atom stereocenters. The van der Waals surface area contributed by atoms with Gasteiger partial charge in [-0.2, -0.15) is 0 Å². The Kier molecular flexibility index (Phi) is 3.55. The Hall–Kier alpha value is -2.08. The van der Waals surface area contributed by atoms with Crippen LogP contribution < -0.4 is 5.73 Å². The number of anilines is 1. The number of amides is 1. The largest absolute Gasteiger partial charge is 0.398 e. The van der Waals surface area contributed by atoms with Gasteiger partial charge in [-0.3, -0.25) is 4.79 Å². The van der Waals surface area contributed by atoms with Crippen molar-refractivity contribution in [1.29, 1.82) is 0 Å². The van der Waals surface area contributed by atoms with Crippen LogP contribution in [0, 0.1) is 0 Å². The van der Waals surface area contributed by atoms with Gasteiger partial charge in [0.2, 0.25) is 0 Å². The summed E-state index contributed by atoms with van der Waals surface area (Å²) in [6, 6.07) is 4.90. The van der Waals surface area contributed by atoms with Crippen LogP contribution in [0.3, 0.4) is 0 Å². The summed E-state index contributed by atoms with van der Waals surface area (Å²) in [5.74, 6) is 1.70. The van der Waals surface area contributed by atoms with E-state index in [1.54, 1.807) is 30.1 Å². The number of hydrogen-bond acceptors (Lipinski definition) is 4. The highest BCUT2D eigenvalue weighted by atomic mass is 35.5. The van der Waals surface area contributed by atoms with Gasteiger partial charge >= 0.3 is 0 Å². The van der Waals surface area contributed by atoms with E-state index in [2.05, 4.69) is 14.8 Å². The van der Waals surface area contributed by atoms with Crippen LogP contribution in [-0.4, -0.2) is 32.6 Å². The van der Waals surface area contributed by atoms with Crippen LogP contribution in [0.1, 0.15) is 28.4 Å². The molecular weight excluding hydrogens is 290 g/mol. The summed E-state index contributed by atoms with van der Waals surface area (Å²) in [4.78, 5) is 14.0. The molecule has 1 aliphatic rings. The average Bonchev–Trinajstić information content (AvgIpc) is 3.06. The zero-order valence-electron chi connectivity index (χ0n) is 11.7. The molecule has 21 heavy (non-hydrogen) atoms. The van der Waals surface area contributed by atoms with Gasteiger partial charge in [-0.1, -0.05) is 11.6 Å². The maximum Gasteiger partial charge on any atom is 0.254 e. The number of rotatable bonds is 3. The fraction of sp³-hybridized carbons (Fsp3) is 0.357. The number of halogens is 1. The Balaban J connectivity index is 1.76. The summed E-state index contributed by atoms with van der Waals surface area (Å²) >= 11 is 5.96. The Morgan fingerprint density at radius 1 is 1.48 bits per heavy atom. The van der Waals surface area contributed by atoms with Crippen LogP contribution >= 0.6 is 11.6 Å². The lowest BCUT2D eigenvalue weighted by Crippen LogP contribution is -2.27. The molecule has 2 aromatic rings. The first-order chi connectivity index (χ1) is 10.1. The monoisotopic (exact) mass is 305 g/mol. The number of aryl methyl sites for hydroxylation is 1. The zero-order chi connectivity index (χ0) is 15.0. The molecule has 1 aromatic carbocycles. The second kappa shape index (κ2) is 5.37. The number of nitrogens with two attached hydrogens (primary N) is 1. The fourth-order valence-corrected chi connectivity index (χ4v) is 2.67. The molecule has 0 fully saturated rings. The highest BCUT2D eigenvalue weighted by Crippen LogP contribution is 2.21. The van der Waals surface area contributed by atoms with Crippen LogP contribution in [0.2, 0.25) is 5.02 Å². The van der Waals surface area contributed by atoms with Crippen molar-refractivity contribution in [2.75, 3.05) is 12.8 Å². The maximum absolute atomic E-state index is 12.4. The highest BCUT2D eigenvalue weighted by molar-refractivity contribution is 6.33. The van der Waals surface area contributed by atoms with Gasteiger partial charge in [0.25, 0.3) is 5.91 Å². The highest BCUT2D eigenvalue weighted by Gasteiger charge is 2.20. The molecule has 6 nitrogen and oxygen atoms in total. The lowest BCUT2D eigenvalue weighted by molar-refractivity contribution is 0.0780. The molecule has 0 atom stereocenters. The molecule has 0 saturated heterocycles. The van der Waals surface area contributed by atoms with Crippen molar-refractivity contribution in [2.45, 2.75) is 25.9 Å². The molecule has 1 aromatic heterocycles. The third-order valence-electron chi connectivity index (χ3n) is 3.66. The third-order valence-corrected chi connectivity index (χ3v) is 3.99. The molecule has 1 aliphatic heterocycles. The first-order valence-electron chi connectivity index (χ1n) is 6.77. The molecule has 0 aliphatic carbocycles. The van der Waals surface area contributed by atoms with Crippen LogP contribution in [-0.2, 0) is 19.5 Å². The molecule has 2 heterocycles. The molecule has 2 N–H and O–H groups in total. The smallest absolute Gasteiger partial charge is 0.254 e. The van der Waals surface area contributed by atoms with E-state index in [-0.39, 0.29) is 5.91 Å².